The standard InChI is InChI=1S/C22H40.H3N/c1-4-5-6-7-8-9-10-11-12-13-14-15-16-17-18-19-20-21-22(2)3;/h16-22H,4-15H2,1-3H3;1H3. The maximum atomic E-state index is 2.30. The minimum atomic E-state index is 0. The minimum Gasteiger partial charge on any atom is -0.344 e. The molecule has 0 saturated heterocycles. The van der Waals surface area contributed by atoms with Crippen LogP contribution in [0.5, 0.6) is 0 Å². The topological polar surface area (TPSA) is 35.0 Å². The lowest BCUT2D eigenvalue weighted by atomic mass is 10.1. The monoisotopic (exact) mass is 321 g/mol. The van der Waals surface area contributed by atoms with Gasteiger partial charge in [-0.1, -0.05) is 121 Å². The molecule has 0 bridgehead atoms. The van der Waals surface area contributed by atoms with Crippen molar-refractivity contribution in [3.63, 3.8) is 0 Å². The van der Waals surface area contributed by atoms with Gasteiger partial charge in [0, 0.05) is 0 Å². The summed E-state index contributed by atoms with van der Waals surface area (Å²) in [7, 11) is 0. The summed E-state index contributed by atoms with van der Waals surface area (Å²) in [5.74, 6) is 0.643. The van der Waals surface area contributed by atoms with E-state index >= 15 is 0 Å². The van der Waals surface area contributed by atoms with Crippen LogP contribution in [0.4, 0.5) is 0 Å². The zero-order chi connectivity index (χ0) is 16.3. The lowest BCUT2D eigenvalue weighted by Crippen LogP contribution is -1.81. The SMILES string of the molecule is CCCCCCCCCCCCCC=CC=CC=CC(C)C.N. The van der Waals surface area contributed by atoms with E-state index in [-0.39, 0.29) is 6.15 Å². The highest BCUT2D eigenvalue weighted by Gasteiger charge is 1.92. The third-order valence-electron chi connectivity index (χ3n) is 3.94. The van der Waals surface area contributed by atoms with E-state index in [2.05, 4.69) is 57.2 Å². The Labute approximate surface area is 146 Å². The zero-order valence-corrected chi connectivity index (χ0v) is 16.2. The van der Waals surface area contributed by atoms with Gasteiger partial charge in [-0.25, -0.2) is 0 Å². The fourth-order valence-corrected chi connectivity index (χ4v) is 2.52. The molecule has 3 N–H and O–H groups in total. The van der Waals surface area contributed by atoms with Crippen LogP contribution in [-0.2, 0) is 0 Å². The Balaban J connectivity index is 0. The van der Waals surface area contributed by atoms with Crippen molar-refractivity contribution in [3.8, 4) is 0 Å². The first-order valence-corrected chi connectivity index (χ1v) is 9.77. The molecular formula is C22H43N. The molecule has 0 saturated carbocycles. The van der Waals surface area contributed by atoms with Crippen LogP contribution >= 0.6 is 0 Å². The molecule has 23 heavy (non-hydrogen) atoms. The zero-order valence-electron chi connectivity index (χ0n) is 16.2. The molecule has 1 nitrogen and oxygen atoms in total. The summed E-state index contributed by atoms with van der Waals surface area (Å²) in [4.78, 5) is 0. The van der Waals surface area contributed by atoms with E-state index in [1.165, 1.54) is 77.0 Å². The van der Waals surface area contributed by atoms with Crippen LogP contribution in [-0.4, -0.2) is 0 Å². The Hall–Kier alpha value is -0.820. The van der Waals surface area contributed by atoms with Gasteiger partial charge in [-0.15, -0.1) is 0 Å². The molecule has 0 aliphatic rings. The number of allylic oxidation sites excluding steroid dienone is 6. The first-order valence-electron chi connectivity index (χ1n) is 9.77. The summed E-state index contributed by atoms with van der Waals surface area (Å²) in [6.45, 7) is 6.69. The predicted octanol–water partition coefficient (Wildman–Crippen LogP) is 8.17. The molecule has 0 aromatic rings. The molecule has 0 atom stereocenters. The van der Waals surface area contributed by atoms with Crippen LogP contribution in [0.2, 0.25) is 0 Å². The number of hydrogen-bond acceptors (Lipinski definition) is 1. The van der Waals surface area contributed by atoms with E-state index in [0.717, 1.165) is 0 Å². The predicted molar refractivity (Wildman–Crippen MR) is 108 cm³/mol. The number of unbranched alkanes of at least 4 members (excludes halogenated alkanes) is 11. The molecule has 0 aliphatic carbocycles. The first-order chi connectivity index (χ1) is 10.8. The van der Waals surface area contributed by atoms with Crippen LogP contribution in [0.15, 0.2) is 36.5 Å². The fourth-order valence-electron chi connectivity index (χ4n) is 2.52. The molecule has 0 aromatic carbocycles. The Morgan fingerprint density at radius 2 is 1.09 bits per heavy atom. The average Bonchev–Trinajstić information content (AvgIpc) is 2.50. The Kier molecular flexibility index (Phi) is 22.5. The van der Waals surface area contributed by atoms with E-state index < -0.39 is 0 Å². The highest BCUT2D eigenvalue weighted by Crippen LogP contribution is 2.11. The molecule has 0 rings (SSSR count). The lowest BCUT2D eigenvalue weighted by Gasteiger charge is -2.01. The summed E-state index contributed by atoms with van der Waals surface area (Å²) in [5, 5.41) is 0. The van der Waals surface area contributed by atoms with E-state index in [9.17, 15) is 0 Å². The molecule has 0 radical (unpaired) electrons. The molecule has 0 aromatic heterocycles. The Morgan fingerprint density at radius 3 is 1.61 bits per heavy atom. The van der Waals surface area contributed by atoms with Crippen molar-refractivity contribution in [2.24, 2.45) is 5.92 Å². The highest BCUT2D eigenvalue weighted by atomic mass is 14.0. The minimum absolute atomic E-state index is 0. The quantitative estimate of drug-likeness (QED) is 0.239. The summed E-state index contributed by atoms with van der Waals surface area (Å²) in [5.41, 5.74) is 0. The van der Waals surface area contributed by atoms with Gasteiger partial charge in [0.1, 0.15) is 0 Å². The maximum absolute atomic E-state index is 2.30. The van der Waals surface area contributed by atoms with Crippen LogP contribution in [0.1, 0.15) is 97.8 Å². The van der Waals surface area contributed by atoms with Gasteiger partial charge >= 0.3 is 0 Å². The van der Waals surface area contributed by atoms with Crippen molar-refractivity contribution in [2.75, 3.05) is 0 Å². The van der Waals surface area contributed by atoms with Crippen LogP contribution in [0, 0.1) is 5.92 Å². The van der Waals surface area contributed by atoms with Crippen molar-refractivity contribution < 1.29 is 0 Å². The van der Waals surface area contributed by atoms with Gasteiger partial charge < -0.3 is 6.15 Å². The lowest BCUT2D eigenvalue weighted by molar-refractivity contribution is 0.550. The summed E-state index contributed by atoms with van der Waals surface area (Å²) in [6.07, 6.45) is 30.0. The van der Waals surface area contributed by atoms with Gasteiger partial charge in [-0.2, -0.15) is 0 Å². The van der Waals surface area contributed by atoms with E-state index in [4.69, 9.17) is 0 Å². The molecule has 0 heterocycles. The third-order valence-corrected chi connectivity index (χ3v) is 3.94. The second-order valence-electron chi connectivity index (χ2n) is 6.77. The summed E-state index contributed by atoms with van der Waals surface area (Å²) >= 11 is 0. The van der Waals surface area contributed by atoms with Crippen molar-refractivity contribution >= 4 is 0 Å². The Bertz CT molecular complexity index is 286. The molecule has 1 heteroatoms. The third kappa shape index (κ3) is 23.6. The maximum Gasteiger partial charge on any atom is -0.0287 e. The fraction of sp³-hybridized carbons (Fsp3) is 0.727. The van der Waals surface area contributed by atoms with E-state index in [1.807, 2.05) is 0 Å². The average molecular weight is 322 g/mol. The van der Waals surface area contributed by atoms with Gasteiger partial charge in [-0.3, -0.25) is 0 Å². The van der Waals surface area contributed by atoms with Crippen molar-refractivity contribution in [3.05, 3.63) is 36.5 Å². The second-order valence-corrected chi connectivity index (χ2v) is 6.77. The molecule has 0 spiro atoms. The molecule has 0 aliphatic heterocycles. The molecule has 0 amide bonds. The van der Waals surface area contributed by atoms with Gasteiger partial charge in [0.25, 0.3) is 0 Å². The number of rotatable bonds is 15. The highest BCUT2D eigenvalue weighted by molar-refractivity contribution is 5.11. The van der Waals surface area contributed by atoms with Crippen molar-refractivity contribution in [1.29, 1.82) is 0 Å². The van der Waals surface area contributed by atoms with Crippen LogP contribution in [0.3, 0.4) is 0 Å². The molecule has 136 valence electrons. The largest absolute Gasteiger partial charge is 0.344 e. The summed E-state index contributed by atoms with van der Waals surface area (Å²) in [6, 6.07) is 0. The van der Waals surface area contributed by atoms with Crippen LogP contribution in [0.25, 0.3) is 0 Å². The van der Waals surface area contributed by atoms with Crippen LogP contribution < -0.4 is 6.15 Å². The molecule has 0 fully saturated rings. The number of hydrogen-bond donors (Lipinski definition) is 1. The van der Waals surface area contributed by atoms with Gasteiger partial charge in [0.05, 0.1) is 0 Å². The first kappa shape index (κ1) is 24.4. The smallest absolute Gasteiger partial charge is 0.0287 e. The van der Waals surface area contributed by atoms with E-state index in [1.54, 1.807) is 0 Å². The summed E-state index contributed by atoms with van der Waals surface area (Å²) < 4.78 is 0. The molecular weight excluding hydrogens is 278 g/mol. The van der Waals surface area contributed by atoms with Gasteiger partial charge in [0.15, 0.2) is 0 Å². The van der Waals surface area contributed by atoms with Gasteiger partial charge in [-0.05, 0) is 18.8 Å². The molecule has 0 unspecified atom stereocenters. The van der Waals surface area contributed by atoms with E-state index in [0.29, 0.717) is 5.92 Å². The van der Waals surface area contributed by atoms with Crippen molar-refractivity contribution in [1.82, 2.24) is 6.15 Å². The Morgan fingerprint density at radius 1 is 0.609 bits per heavy atom. The van der Waals surface area contributed by atoms with Crippen molar-refractivity contribution in [2.45, 2.75) is 97.8 Å². The second kappa shape index (κ2) is 21.2. The normalized spacial score (nSPS) is 12.0. The van der Waals surface area contributed by atoms with Gasteiger partial charge in [0.2, 0.25) is 0 Å².